The van der Waals surface area contributed by atoms with Gasteiger partial charge in [-0.15, -0.1) is 0 Å². The normalized spacial score (nSPS) is 24.5. The van der Waals surface area contributed by atoms with Crippen LogP contribution in [-0.4, -0.2) is 61.0 Å². The van der Waals surface area contributed by atoms with Gasteiger partial charge in [0.15, 0.2) is 0 Å². The summed E-state index contributed by atoms with van der Waals surface area (Å²) in [5, 5.41) is 9.23. The average molecular weight is 333 g/mol. The van der Waals surface area contributed by atoms with Crippen LogP contribution >= 0.6 is 0 Å². The van der Waals surface area contributed by atoms with E-state index in [1.54, 1.807) is 18.1 Å². The number of methoxy groups -OCH3 is 1. The number of nitriles is 1. The molecule has 0 aliphatic carbocycles. The van der Waals surface area contributed by atoms with E-state index in [2.05, 4.69) is 0 Å². The highest BCUT2D eigenvalue weighted by Gasteiger charge is 2.38. The Labute approximate surface area is 144 Å². The van der Waals surface area contributed by atoms with Crippen LogP contribution in [0.4, 0.5) is 0 Å². The number of amides is 2. The largest absolute Gasteiger partial charge is 0.379 e. The molecule has 2 aliphatic heterocycles. The number of rotatable bonds is 5. The van der Waals surface area contributed by atoms with Crippen molar-refractivity contribution in [1.82, 2.24) is 9.80 Å². The smallest absolute Gasteiger partial charge is 0.264 e. The van der Waals surface area contributed by atoms with Crippen LogP contribution in [0, 0.1) is 23.2 Å². The zero-order valence-corrected chi connectivity index (χ0v) is 14.8. The molecule has 2 saturated heterocycles. The first-order valence-corrected chi connectivity index (χ1v) is 8.68. The van der Waals surface area contributed by atoms with Crippen LogP contribution in [0.25, 0.3) is 0 Å². The van der Waals surface area contributed by atoms with E-state index in [9.17, 15) is 14.9 Å². The van der Waals surface area contributed by atoms with E-state index in [0.29, 0.717) is 19.5 Å². The summed E-state index contributed by atoms with van der Waals surface area (Å²) in [5.41, 5.74) is 0.173. The molecule has 132 valence electrons. The van der Waals surface area contributed by atoms with Gasteiger partial charge >= 0.3 is 0 Å². The molecule has 2 fully saturated rings. The Balaban J connectivity index is 2.01. The minimum absolute atomic E-state index is 0.00829. The van der Waals surface area contributed by atoms with E-state index in [1.165, 1.54) is 0 Å². The van der Waals surface area contributed by atoms with E-state index in [4.69, 9.17) is 4.74 Å². The van der Waals surface area contributed by atoms with Crippen molar-refractivity contribution in [2.45, 2.75) is 39.2 Å². The second-order valence-electron chi connectivity index (χ2n) is 6.97. The molecule has 6 nitrogen and oxygen atoms in total. The van der Waals surface area contributed by atoms with Crippen molar-refractivity contribution >= 4 is 11.8 Å². The molecule has 0 aromatic rings. The molecule has 0 spiro atoms. The van der Waals surface area contributed by atoms with Crippen molar-refractivity contribution in [1.29, 1.82) is 5.26 Å². The van der Waals surface area contributed by atoms with Gasteiger partial charge in [0.25, 0.3) is 5.91 Å². The number of allylic oxidation sites excluding steroid dienone is 1. The molecule has 2 amide bonds. The van der Waals surface area contributed by atoms with Crippen molar-refractivity contribution in [3.63, 3.8) is 0 Å². The van der Waals surface area contributed by atoms with E-state index in [1.807, 2.05) is 24.8 Å². The molecule has 0 saturated carbocycles. The lowest BCUT2D eigenvalue weighted by Crippen LogP contribution is -2.33. The molecule has 6 heteroatoms. The molecule has 2 atom stereocenters. The minimum Gasteiger partial charge on any atom is -0.379 e. The Kier molecular flexibility index (Phi) is 6.38. The first-order chi connectivity index (χ1) is 11.5. The summed E-state index contributed by atoms with van der Waals surface area (Å²) in [4.78, 5) is 28.5. The fourth-order valence-electron chi connectivity index (χ4n) is 3.45. The van der Waals surface area contributed by atoms with E-state index >= 15 is 0 Å². The van der Waals surface area contributed by atoms with Gasteiger partial charge in [-0.05, 0) is 18.8 Å². The topological polar surface area (TPSA) is 73.6 Å². The molecule has 0 aromatic heterocycles. The second-order valence-corrected chi connectivity index (χ2v) is 6.97. The number of hydrogen-bond acceptors (Lipinski definition) is 4. The quantitative estimate of drug-likeness (QED) is 0.565. The first kappa shape index (κ1) is 18.5. The molecule has 24 heavy (non-hydrogen) atoms. The van der Waals surface area contributed by atoms with Crippen molar-refractivity contribution in [2.75, 3.05) is 33.3 Å². The number of hydrogen-bond donors (Lipinski definition) is 0. The van der Waals surface area contributed by atoms with Crippen molar-refractivity contribution < 1.29 is 14.3 Å². The van der Waals surface area contributed by atoms with E-state index in [-0.39, 0.29) is 35.3 Å². The summed E-state index contributed by atoms with van der Waals surface area (Å²) < 4.78 is 5.50. The maximum absolute atomic E-state index is 12.5. The van der Waals surface area contributed by atoms with Crippen molar-refractivity contribution in [2.24, 2.45) is 11.8 Å². The Morgan fingerprint density at radius 3 is 2.46 bits per heavy atom. The number of ether oxygens (including phenoxy) is 1. The fourth-order valence-corrected chi connectivity index (χ4v) is 3.45. The van der Waals surface area contributed by atoms with Crippen LogP contribution in [0.15, 0.2) is 11.6 Å². The zero-order chi connectivity index (χ0) is 17.7. The monoisotopic (exact) mass is 333 g/mol. The van der Waals surface area contributed by atoms with Gasteiger partial charge in [0, 0.05) is 45.6 Å². The molecule has 0 N–H and O–H groups in total. The summed E-state index contributed by atoms with van der Waals surface area (Å²) in [6.45, 7) is 6.44. The number of likely N-dealkylation sites (tertiary alicyclic amines) is 2. The van der Waals surface area contributed by atoms with Gasteiger partial charge in [-0.3, -0.25) is 9.59 Å². The molecular formula is C18H27N3O3. The Morgan fingerprint density at radius 2 is 1.92 bits per heavy atom. The van der Waals surface area contributed by atoms with Gasteiger partial charge in [0.2, 0.25) is 5.91 Å². The highest BCUT2D eigenvalue weighted by molar-refractivity contribution is 5.97. The molecular weight excluding hydrogens is 306 g/mol. The van der Waals surface area contributed by atoms with Crippen LogP contribution in [0.3, 0.4) is 0 Å². The maximum atomic E-state index is 12.5. The fraction of sp³-hybridized carbons (Fsp3) is 0.722. The number of nitrogens with zero attached hydrogens (tertiary/aromatic N) is 3. The van der Waals surface area contributed by atoms with E-state index < -0.39 is 0 Å². The lowest BCUT2D eigenvalue weighted by atomic mass is 10.0. The predicted molar refractivity (Wildman–Crippen MR) is 89.8 cm³/mol. The lowest BCUT2D eigenvalue weighted by molar-refractivity contribution is -0.132. The molecule has 0 aromatic carbocycles. The zero-order valence-electron chi connectivity index (χ0n) is 14.8. The van der Waals surface area contributed by atoms with Gasteiger partial charge in [-0.1, -0.05) is 19.9 Å². The van der Waals surface area contributed by atoms with Crippen LogP contribution < -0.4 is 0 Å². The lowest BCUT2D eigenvalue weighted by Gasteiger charge is -2.20. The van der Waals surface area contributed by atoms with Gasteiger partial charge in [0.05, 0.1) is 6.10 Å². The summed E-state index contributed by atoms with van der Waals surface area (Å²) in [7, 11) is 1.61. The molecule has 0 radical (unpaired) electrons. The summed E-state index contributed by atoms with van der Waals surface area (Å²) in [6, 6.07) is 2.00. The molecule has 0 bridgehead atoms. The predicted octanol–water partition coefficient (Wildman–Crippen LogP) is 1.58. The van der Waals surface area contributed by atoms with Crippen molar-refractivity contribution in [3.8, 4) is 6.07 Å². The van der Waals surface area contributed by atoms with E-state index in [0.717, 1.165) is 25.9 Å². The van der Waals surface area contributed by atoms with Crippen LogP contribution in [0.5, 0.6) is 0 Å². The van der Waals surface area contributed by atoms with Gasteiger partial charge in [-0.2, -0.15) is 5.26 Å². The molecule has 2 aliphatic rings. The van der Waals surface area contributed by atoms with Gasteiger partial charge < -0.3 is 14.5 Å². The minimum atomic E-state index is -0.260. The highest BCUT2D eigenvalue weighted by Crippen LogP contribution is 2.26. The standard InChI is InChI=1S/C18H27N3O3/c1-13(2)8-14(10-19)18(23)21-11-15(16(12-21)24-3)9-17(22)20-6-4-5-7-20/h8,13,15-16H,4-7,9,11-12H2,1-3H3/b14-8+/t15-,16-/m0/s1. The van der Waals surface area contributed by atoms with Gasteiger partial charge in [-0.25, -0.2) is 0 Å². The summed E-state index contributed by atoms with van der Waals surface area (Å²) in [6.07, 6.45) is 4.07. The first-order valence-electron chi connectivity index (χ1n) is 8.68. The van der Waals surface area contributed by atoms with Gasteiger partial charge in [0.1, 0.15) is 11.6 Å². The molecule has 2 rings (SSSR count). The second kappa shape index (κ2) is 8.29. The Bertz CT molecular complexity index is 544. The van der Waals surface area contributed by atoms with Crippen LogP contribution in [0.2, 0.25) is 0 Å². The maximum Gasteiger partial charge on any atom is 0.264 e. The van der Waals surface area contributed by atoms with Crippen LogP contribution in [-0.2, 0) is 14.3 Å². The summed E-state index contributed by atoms with van der Waals surface area (Å²) >= 11 is 0. The summed E-state index contributed by atoms with van der Waals surface area (Å²) in [5.74, 6) is 0.0134. The SMILES string of the molecule is CO[C@H]1CN(C(=O)/C(C#N)=C/C(C)C)C[C@@H]1CC(=O)N1CCCC1. The number of carbonyl (C=O) groups is 2. The van der Waals surface area contributed by atoms with Crippen LogP contribution in [0.1, 0.15) is 33.1 Å². The third kappa shape index (κ3) is 4.35. The Morgan fingerprint density at radius 1 is 1.25 bits per heavy atom. The molecule has 2 heterocycles. The van der Waals surface area contributed by atoms with Crippen molar-refractivity contribution in [3.05, 3.63) is 11.6 Å². The average Bonchev–Trinajstić information content (AvgIpc) is 3.21. The highest BCUT2D eigenvalue weighted by atomic mass is 16.5. The third-order valence-corrected chi connectivity index (χ3v) is 4.72. The number of carbonyl (C=O) groups excluding carboxylic acids is 2. The molecule has 0 unspecified atom stereocenters. The third-order valence-electron chi connectivity index (χ3n) is 4.72. The Hall–Kier alpha value is -1.87.